The van der Waals surface area contributed by atoms with Gasteiger partial charge in [0.1, 0.15) is 12.2 Å². The van der Waals surface area contributed by atoms with Crippen molar-refractivity contribution in [2.45, 2.75) is 96.1 Å². The predicted molar refractivity (Wildman–Crippen MR) is 130 cm³/mol. The Bertz CT molecular complexity index is 836. The number of rotatable bonds is 5. The highest BCUT2D eigenvalue weighted by atomic mass is 16.6. The molecule has 8 heteroatoms. The minimum absolute atomic E-state index is 0.0411. The first-order valence-electron chi connectivity index (χ1n) is 12.9. The molecule has 0 aromatic heterocycles. The number of nitrogens with one attached hydrogen (secondary N) is 1. The Kier molecular flexibility index (Phi) is 9.29. The van der Waals surface area contributed by atoms with Crippen LogP contribution in [0.3, 0.4) is 0 Å². The molecule has 3 aliphatic heterocycles. The van der Waals surface area contributed by atoms with Crippen molar-refractivity contribution in [1.29, 1.82) is 0 Å². The third kappa shape index (κ3) is 6.40. The molecule has 0 radical (unpaired) electrons. The summed E-state index contributed by atoms with van der Waals surface area (Å²) in [6.07, 6.45) is 8.05. The van der Waals surface area contributed by atoms with Gasteiger partial charge in [-0.15, -0.1) is 0 Å². The number of hydrogen-bond acceptors (Lipinski definition) is 7. The highest BCUT2D eigenvalue weighted by molar-refractivity contribution is 5.97. The molecule has 2 amide bonds. The van der Waals surface area contributed by atoms with Crippen molar-refractivity contribution < 1.29 is 34.1 Å². The molecule has 2 fully saturated rings. The minimum Gasteiger partial charge on any atom is -0.457 e. The summed E-state index contributed by atoms with van der Waals surface area (Å²) in [5.74, 6) is -2.17. The molecule has 2 bridgehead atoms. The van der Waals surface area contributed by atoms with E-state index in [1.54, 1.807) is 7.11 Å². The fraction of sp³-hybridized carbons (Fsp3) is 0.741. The molecule has 0 spiro atoms. The van der Waals surface area contributed by atoms with Crippen molar-refractivity contribution in [3.8, 4) is 0 Å². The molecular weight excluding hydrogens is 450 g/mol. The molecule has 3 unspecified atom stereocenters. The van der Waals surface area contributed by atoms with Gasteiger partial charge in [0, 0.05) is 31.8 Å². The number of aliphatic hydroxyl groups is 2. The Balaban J connectivity index is 1.83. The molecule has 7 atom stereocenters. The summed E-state index contributed by atoms with van der Waals surface area (Å²) in [5, 5.41) is 25.1. The number of methoxy groups -OCH3 is 1. The molecule has 0 saturated carbocycles. The number of aliphatic hydroxyl groups excluding tert-OH is 1. The van der Waals surface area contributed by atoms with Crippen LogP contribution in [0, 0.1) is 23.7 Å². The third-order valence-electron chi connectivity index (χ3n) is 8.10. The monoisotopic (exact) mass is 491 g/mol. The second-order valence-electron chi connectivity index (χ2n) is 10.6. The van der Waals surface area contributed by atoms with E-state index in [9.17, 15) is 24.6 Å². The van der Waals surface area contributed by atoms with Crippen LogP contribution in [0.2, 0.25) is 0 Å². The normalized spacial score (nSPS) is 37.4. The lowest BCUT2D eigenvalue weighted by Gasteiger charge is -2.48. The number of imide groups is 1. The molecule has 35 heavy (non-hydrogen) atoms. The van der Waals surface area contributed by atoms with Crippen molar-refractivity contribution in [3.63, 3.8) is 0 Å². The SMILES string of the molecule is CO[C@H]1C=CCCCC2C(=O)OC(C(C)=C[C@@H](C)[C@@H]1O)[C@H](C)C2(O)CCCC1CC(=O)NC(=O)C1. The molecule has 3 heterocycles. The Morgan fingerprint density at radius 2 is 1.89 bits per heavy atom. The molecule has 8 nitrogen and oxygen atoms in total. The highest BCUT2D eigenvalue weighted by Crippen LogP contribution is 2.44. The largest absolute Gasteiger partial charge is 0.457 e. The zero-order valence-corrected chi connectivity index (χ0v) is 21.4. The van der Waals surface area contributed by atoms with Gasteiger partial charge in [-0.25, -0.2) is 0 Å². The average molecular weight is 492 g/mol. The summed E-state index contributed by atoms with van der Waals surface area (Å²) >= 11 is 0. The smallest absolute Gasteiger partial charge is 0.312 e. The molecule has 1 aliphatic carbocycles. The van der Waals surface area contributed by atoms with Crippen LogP contribution in [-0.4, -0.2) is 59.0 Å². The zero-order chi connectivity index (χ0) is 25.8. The van der Waals surface area contributed by atoms with E-state index in [4.69, 9.17) is 9.47 Å². The summed E-state index contributed by atoms with van der Waals surface area (Å²) in [4.78, 5) is 36.6. The molecule has 2 saturated heterocycles. The van der Waals surface area contributed by atoms with Crippen molar-refractivity contribution in [3.05, 3.63) is 23.8 Å². The summed E-state index contributed by atoms with van der Waals surface area (Å²) < 4.78 is 11.4. The van der Waals surface area contributed by atoms with Crippen LogP contribution in [0.4, 0.5) is 0 Å². The first-order valence-corrected chi connectivity index (χ1v) is 12.9. The van der Waals surface area contributed by atoms with Crippen molar-refractivity contribution in [2.24, 2.45) is 23.7 Å². The Morgan fingerprint density at radius 1 is 1.20 bits per heavy atom. The standard InChI is InChI=1S/C27H41NO7/c1-16-13-17(2)25-18(3)27(33,12-8-9-19-14-22(29)28-23(30)15-19)20(26(32)35-25)10-6-5-7-11-21(34-4)24(16)31/h7,11,13,16,18-21,24-25,31,33H,5-6,8-10,12,14-15H2,1-4H3,(H,28,29,30)/t16-,18+,20?,21+,24+,25?,27?/m1/s1. The second kappa shape index (κ2) is 11.8. The number of allylic oxidation sites excluding steroid dienone is 1. The van der Waals surface area contributed by atoms with Crippen LogP contribution >= 0.6 is 0 Å². The Morgan fingerprint density at radius 3 is 2.54 bits per heavy atom. The van der Waals surface area contributed by atoms with Crippen molar-refractivity contribution in [2.75, 3.05) is 7.11 Å². The zero-order valence-electron chi connectivity index (χ0n) is 21.4. The lowest BCUT2D eigenvalue weighted by Crippen LogP contribution is -2.58. The maximum absolute atomic E-state index is 13.2. The topological polar surface area (TPSA) is 122 Å². The number of ether oxygens (including phenoxy) is 2. The molecule has 0 aromatic carbocycles. The molecule has 4 rings (SSSR count). The maximum Gasteiger partial charge on any atom is 0.312 e. The van der Waals surface area contributed by atoms with E-state index < -0.39 is 29.8 Å². The van der Waals surface area contributed by atoms with Crippen molar-refractivity contribution >= 4 is 17.8 Å². The second-order valence-corrected chi connectivity index (χ2v) is 10.6. The van der Waals surface area contributed by atoms with E-state index in [-0.39, 0.29) is 35.5 Å². The summed E-state index contributed by atoms with van der Waals surface area (Å²) in [6.45, 7) is 5.68. The van der Waals surface area contributed by atoms with Gasteiger partial charge in [0.2, 0.25) is 11.8 Å². The molecule has 0 aromatic rings. The van der Waals surface area contributed by atoms with Crippen molar-refractivity contribution in [1.82, 2.24) is 5.32 Å². The summed E-state index contributed by atoms with van der Waals surface area (Å²) in [7, 11) is 1.58. The van der Waals surface area contributed by atoms with Gasteiger partial charge in [0.15, 0.2) is 0 Å². The van der Waals surface area contributed by atoms with Gasteiger partial charge in [-0.1, -0.05) is 38.5 Å². The molecular formula is C27H41NO7. The highest BCUT2D eigenvalue weighted by Gasteiger charge is 2.53. The molecule has 3 N–H and O–H groups in total. The Labute approximate surface area is 208 Å². The van der Waals surface area contributed by atoms with Crippen LogP contribution in [0.25, 0.3) is 0 Å². The quantitative estimate of drug-likeness (QED) is 0.307. The van der Waals surface area contributed by atoms with Gasteiger partial charge in [0.05, 0.1) is 17.6 Å². The number of fused-ring (bicyclic) bond motifs is 9. The number of esters is 1. The maximum atomic E-state index is 13.2. The number of amides is 2. The van der Waals surface area contributed by atoms with Crippen LogP contribution < -0.4 is 5.32 Å². The van der Waals surface area contributed by atoms with Gasteiger partial charge in [-0.2, -0.15) is 0 Å². The van der Waals surface area contributed by atoms with Crippen LogP contribution in [0.15, 0.2) is 23.8 Å². The van der Waals surface area contributed by atoms with Gasteiger partial charge in [0.25, 0.3) is 0 Å². The Hall–Kier alpha value is -2.03. The van der Waals surface area contributed by atoms with Crippen LogP contribution in [0.1, 0.15) is 72.1 Å². The van der Waals surface area contributed by atoms with Crippen LogP contribution in [-0.2, 0) is 23.9 Å². The van der Waals surface area contributed by atoms with E-state index in [0.717, 1.165) is 5.57 Å². The fourth-order valence-corrected chi connectivity index (χ4v) is 5.99. The number of hydrogen-bond donors (Lipinski definition) is 3. The number of piperidine rings is 1. The van der Waals surface area contributed by atoms with E-state index in [1.807, 2.05) is 39.0 Å². The average Bonchev–Trinajstić information content (AvgIpc) is 2.79. The van der Waals surface area contributed by atoms with E-state index in [0.29, 0.717) is 51.4 Å². The van der Waals surface area contributed by atoms with Gasteiger partial charge >= 0.3 is 5.97 Å². The van der Waals surface area contributed by atoms with Gasteiger partial charge < -0.3 is 19.7 Å². The molecule has 4 aliphatic rings. The van der Waals surface area contributed by atoms with Gasteiger partial charge in [-0.3, -0.25) is 19.7 Å². The fourth-order valence-electron chi connectivity index (χ4n) is 5.99. The first kappa shape index (κ1) is 27.6. The molecule has 196 valence electrons. The number of carbonyl (C=O) groups excluding carboxylic acids is 3. The van der Waals surface area contributed by atoms with E-state index >= 15 is 0 Å². The van der Waals surface area contributed by atoms with E-state index in [1.165, 1.54) is 0 Å². The predicted octanol–water partition coefficient (Wildman–Crippen LogP) is 2.82. The summed E-state index contributed by atoms with van der Waals surface area (Å²) in [5.41, 5.74) is -0.472. The van der Waals surface area contributed by atoms with Gasteiger partial charge in [-0.05, 0) is 50.5 Å². The number of carbonyl (C=O) groups is 3. The third-order valence-corrected chi connectivity index (χ3v) is 8.10. The minimum atomic E-state index is -1.26. The van der Waals surface area contributed by atoms with Crippen LogP contribution in [0.5, 0.6) is 0 Å². The van der Waals surface area contributed by atoms with E-state index in [2.05, 4.69) is 5.32 Å². The first-order chi connectivity index (χ1) is 16.6. The summed E-state index contributed by atoms with van der Waals surface area (Å²) in [6, 6.07) is 0. The lowest BCUT2D eigenvalue weighted by molar-refractivity contribution is -0.199. The lowest BCUT2D eigenvalue weighted by atomic mass is 9.67.